The van der Waals surface area contributed by atoms with E-state index in [-0.39, 0.29) is 11.3 Å². The molecule has 3 aromatic rings. The van der Waals surface area contributed by atoms with Gasteiger partial charge < -0.3 is 4.90 Å². The zero-order valence-corrected chi connectivity index (χ0v) is 15.0. The van der Waals surface area contributed by atoms with Gasteiger partial charge in [0.05, 0.1) is 10.6 Å². The summed E-state index contributed by atoms with van der Waals surface area (Å²) in [6, 6.07) is 14.0. The summed E-state index contributed by atoms with van der Waals surface area (Å²) in [4.78, 5) is 29.2. The average Bonchev–Trinajstić information content (AvgIpc) is 3.10. The second-order valence-corrected chi connectivity index (χ2v) is 6.57. The number of hydrogen-bond donors (Lipinski definition) is 1. The van der Waals surface area contributed by atoms with Crippen molar-refractivity contribution in [3.8, 4) is 11.3 Å². The molecule has 26 heavy (non-hydrogen) atoms. The fourth-order valence-corrected chi connectivity index (χ4v) is 3.15. The SMILES string of the molecule is CN(C)c1ccc(C(=O)Nc2nc(-c3ccccc3)cs2)cc1[N+](=O)[O-]. The summed E-state index contributed by atoms with van der Waals surface area (Å²) in [5, 5.41) is 16.2. The Morgan fingerprint density at radius 3 is 2.58 bits per heavy atom. The Bertz CT molecular complexity index is 954. The molecule has 0 aliphatic rings. The number of aromatic nitrogens is 1. The number of nitro groups is 1. The summed E-state index contributed by atoms with van der Waals surface area (Å²) in [5.41, 5.74) is 2.24. The number of carbonyl (C=O) groups excluding carboxylic acids is 1. The van der Waals surface area contributed by atoms with Crippen molar-refractivity contribution >= 4 is 33.8 Å². The quantitative estimate of drug-likeness (QED) is 0.542. The molecule has 0 saturated carbocycles. The van der Waals surface area contributed by atoms with Crippen LogP contribution in [0.4, 0.5) is 16.5 Å². The molecule has 8 heteroatoms. The van der Waals surface area contributed by atoms with E-state index in [0.717, 1.165) is 11.3 Å². The Kier molecular flexibility index (Phi) is 4.94. The molecule has 0 atom stereocenters. The lowest BCUT2D eigenvalue weighted by molar-refractivity contribution is -0.384. The van der Waals surface area contributed by atoms with Crippen LogP contribution in [0.15, 0.2) is 53.9 Å². The van der Waals surface area contributed by atoms with Crippen LogP contribution in [0.5, 0.6) is 0 Å². The Hall–Kier alpha value is -3.26. The maximum atomic E-state index is 12.4. The van der Waals surface area contributed by atoms with Gasteiger partial charge in [-0.2, -0.15) is 0 Å². The van der Waals surface area contributed by atoms with Gasteiger partial charge >= 0.3 is 0 Å². The maximum Gasteiger partial charge on any atom is 0.293 e. The molecule has 0 radical (unpaired) electrons. The number of rotatable bonds is 5. The molecule has 1 aromatic heterocycles. The summed E-state index contributed by atoms with van der Waals surface area (Å²) in [6.07, 6.45) is 0. The predicted octanol–water partition coefficient (Wildman–Crippen LogP) is 4.04. The number of carbonyl (C=O) groups is 1. The normalized spacial score (nSPS) is 10.4. The van der Waals surface area contributed by atoms with Crippen LogP contribution >= 0.6 is 11.3 Å². The lowest BCUT2D eigenvalue weighted by atomic mass is 10.1. The van der Waals surface area contributed by atoms with Gasteiger partial charge in [-0.1, -0.05) is 30.3 Å². The van der Waals surface area contributed by atoms with Gasteiger partial charge in [0.1, 0.15) is 5.69 Å². The van der Waals surface area contributed by atoms with Crippen molar-refractivity contribution in [1.29, 1.82) is 0 Å². The topological polar surface area (TPSA) is 88.4 Å². The number of nitrogens with one attached hydrogen (secondary N) is 1. The molecule has 0 bridgehead atoms. The number of amides is 1. The molecule has 2 aromatic carbocycles. The Labute approximate surface area is 154 Å². The largest absolute Gasteiger partial charge is 0.372 e. The number of thiazole rings is 1. The van der Waals surface area contributed by atoms with Gasteiger partial charge in [-0.3, -0.25) is 20.2 Å². The zero-order valence-electron chi connectivity index (χ0n) is 14.2. The smallest absolute Gasteiger partial charge is 0.293 e. The molecule has 7 nitrogen and oxygen atoms in total. The number of anilines is 2. The molecule has 0 aliphatic carbocycles. The van der Waals surface area contributed by atoms with Crippen LogP contribution in [0.25, 0.3) is 11.3 Å². The molecule has 1 amide bonds. The summed E-state index contributed by atoms with van der Waals surface area (Å²) < 4.78 is 0. The highest BCUT2D eigenvalue weighted by molar-refractivity contribution is 7.14. The van der Waals surface area contributed by atoms with Crippen LogP contribution < -0.4 is 10.2 Å². The van der Waals surface area contributed by atoms with Crippen LogP contribution in [0.2, 0.25) is 0 Å². The molecule has 0 unspecified atom stereocenters. The van der Waals surface area contributed by atoms with Gasteiger partial charge in [0.15, 0.2) is 5.13 Å². The highest BCUT2D eigenvalue weighted by Crippen LogP contribution is 2.29. The molecule has 0 spiro atoms. The van der Waals surface area contributed by atoms with Gasteiger partial charge in [-0.15, -0.1) is 11.3 Å². The van der Waals surface area contributed by atoms with Crippen molar-refractivity contribution in [3.05, 3.63) is 69.6 Å². The first-order chi connectivity index (χ1) is 12.5. The lowest BCUT2D eigenvalue weighted by Gasteiger charge is -2.13. The van der Waals surface area contributed by atoms with Crippen LogP contribution in [0, 0.1) is 10.1 Å². The molecule has 132 valence electrons. The van der Waals surface area contributed by atoms with Crippen molar-refractivity contribution in [3.63, 3.8) is 0 Å². The molecular weight excluding hydrogens is 352 g/mol. The van der Waals surface area contributed by atoms with Gasteiger partial charge in [0.25, 0.3) is 11.6 Å². The third kappa shape index (κ3) is 3.70. The fourth-order valence-electron chi connectivity index (χ4n) is 2.43. The summed E-state index contributed by atoms with van der Waals surface area (Å²) in [5.74, 6) is -0.438. The standard InChI is InChI=1S/C18H16N4O3S/c1-21(2)15-9-8-13(10-16(15)22(24)25)17(23)20-18-19-14(11-26-18)12-6-4-3-5-7-12/h3-11H,1-2H3,(H,19,20,23). The van der Waals surface area contributed by atoms with Crippen LogP contribution in [0.1, 0.15) is 10.4 Å². The summed E-state index contributed by atoms with van der Waals surface area (Å²) in [7, 11) is 3.42. The van der Waals surface area contributed by atoms with Crippen molar-refractivity contribution in [2.75, 3.05) is 24.3 Å². The Balaban J connectivity index is 1.81. The lowest BCUT2D eigenvalue weighted by Crippen LogP contribution is -2.14. The third-order valence-corrected chi connectivity index (χ3v) is 4.47. The number of hydrogen-bond acceptors (Lipinski definition) is 6. The van der Waals surface area contributed by atoms with Gasteiger partial charge in [-0.25, -0.2) is 4.98 Å². The van der Waals surface area contributed by atoms with E-state index < -0.39 is 10.8 Å². The zero-order chi connectivity index (χ0) is 18.7. The summed E-state index contributed by atoms with van der Waals surface area (Å²) >= 11 is 1.30. The number of nitrogens with zero attached hydrogens (tertiary/aromatic N) is 3. The van der Waals surface area contributed by atoms with E-state index in [2.05, 4.69) is 10.3 Å². The van der Waals surface area contributed by atoms with E-state index in [4.69, 9.17) is 0 Å². The second kappa shape index (κ2) is 7.32. The number of benzene rings is 2. The molecular formula is C18H16N4O3S. The molecule has 0 saturated heterocycles. The maximum absolute atomic E-state index is 12.4. The van der Waals surface area contributed by atoms with Crippen molar-refractivity contribution in [1.82, 2.24) is 4.98 Å². The third-order valence-electron chi connectivity index (χ3n) is 3.71. The molecule has 1 N–H and O–H groups in total. The average molecular weight is 368 g/mol. The minimum Gasteiger partial charge on any atom is -0.372 e. The highest BCUT2D eigenvalue weighted by atomic mass is 32.1. The van der Waals surface area contributed by atoms with E-state index >= 15 is 0 Å². The second-order valence-electron chi connectivity index (χ2n) is 5.71. The first-order valence-electron chi connectivity index (χ1n) is 7.74. The molecule has 0 fully saturated rings. The van der Waals surface area contributed by atoms with Crippen LogP contribution in [-0.4, -0.2) is 29.9 Å². The molecule has 0 aliphatic heterocycles. The highest BCUT2D eigenvalue weighted by Gasteiger charge is 2.19. The molecule has 1 heterocycles. The fraction of sp³-hybridized carbons (Fsp3) is 0.111. The van der Waals surface area contributed by atoms with E-state index in [0.29, 0.717) is 10.8 Å². The van der Waals surface area contributed by atoms with Gasteiger partial charge in [0.2, 0.25) is 0 Å². The van der Waals surface area contributed by atoms with E-state index in [1.54, 1.807) is 31.1 Å². The summed E-state index contributed by atoms with van der Waals surface area (Å²) in [6.45, 7) is 0. The first-order valence-corrected chi connectivity index (χ1v) is 8.61. The van der Waals surface area contributed by atoms with Gasteiger partial charge in [-0.05, 0) is 12.1 Å². The Morgan fingerprint density at radius 2 is 1.92 bits per heavy atom. The first kappa shape index (κ1) is 17.6. The predicted molar refractivity (Wildman–Crippen MR) is 103 cm³/mol. The van der Waals surface area contributed by atoms with Crippen LogP contribution in [0.3, 0.4) is 0 Å². The van der Waals surface area contributed by atoms with Crippen LogP contribution in [-0.2, 0) is 0 Å². The van der Waals surface area contributed by atoms with Crippen molar-refractivity contribution in [2.45, 2.75) is 0 Å². The Morgan fingerprint density at radius 1 is 1.19 bits per heavy atom. The monoisotopic (exact) mass is 368 g/mol. The van der Waals surface area contributed by atoms with Gasteiger partial charge in [0, 0.05) is 36.7 Å². The van der Waals surface area contributed by atoms with Crippen molar-refractivity contribution in [2.24, 2.45) is 0 Å². The van der Waals surface area contributed by atoms with Crippen molar-refractivity contribution < 1.29 is 9.72 Å². The minimum atomic E-state index is -0.497. The van der Waals surface area contributed by atoms with E-state index in [9.17, 15) is 14.9 Å². The minimum absolute atomic E-state index is 0.119. The molecule has 3 rings (SSSR count). The number of nitro benzene ring substituents is 1. The van der Waals surface area contributed by atoms with E-state index in [1.165, 1.54) is 17.4 Å². The van der Waals surface area contributed by atoms with E-state index in [1.807, 2.05) is 35.7 Å².